The van der Waals surface area contributed by atoms with E-state index in [-0.39, 0.29) is 11.4 Å². The molecule has 4 nitrogen and oxygen atoms in total. The first-order valence-corrected chi connectivity index (χ1v) is 10.9. The summed E-state index contributed by atoms with van der Waals surface area (Å²) < 4.78 is 7.20. The molecule has 5 rings (SSSR count). The van der Waals surface area contributed by atoms with E-state index in [2.05, 4.69) is 6.07 Å². The van der Waals surface area contributed by atoms with Crippen molar-refractivity contribution < 1.29 is 9.21 Å². The summed E-state index contributed by atoms with van der Waals surface area (Å²) in [5.74, 6) is 1.42. The number of thiophene rings is 1. The fourth-order valence-electron chi connectivity index (χ4n) is 4.52. The summed E-state index contributed by atoms with van der Waals surface area (Å²) in [5.41, 5.74) is 2.79. The van der Waals surface area contributed by atoms with E-state index in [4.69, 9.17) is 4.42 Å². The molecule has 1 fully saturated rings. The molecule has 0 unspecified atom stereocenters. The third-order valence-corrected chi connectivity index (χ3v) is 6.98. The van der Waals surface area contributed by atoms with Gasteiger partial charge >= 0.3 is 0 Å². The van der Waals surface area contributed by atoms with Gasteiger partial charge in [0.1, 0.15) is 29.1 Å². The van der Waals surface area contributed by atoms with Gasteiger partial charge in [-0.3, -0.25) is 4.79 Å². The van der Waals surface area contributed by atoms with Crippen molar-refractivity contribution in [1.82, 2.24) is 0 Å². The molecule has 2 heterocycles. The van der Waals surface area contributed by atoms with E-state index in [9.17, 15) is 15.3 Å². The minimum atomic E-state index is -0.156. The highest BCUT2D eigenvalue weighted by Crippen LogP contribution is 2.42. The van der Waals surface area contributed by atoms with Crippen LogP contribution in [0.3, 0.4) is 0 Å². The van der Waals surface area contributed by atoms with Crippen LogP contribution >= 0.6 is 11.3 Å². The zero-order chi connectivity index (χ0) is 20.7. The summed E-state index contributed by atoms with van der Waals surface area (Å²) >= 11 is 1.57. The maximum Gasteiger partial charge on any atom is 0.194 e. The van der Waals surface area contributed by atoms with Gasteiger partial charge in [-0.15, -0.1) is 11.3 Å². The first-order chi connectivity index (χ1) is 14.7. The molecule has 5 heteroatoms. The van der Waals surface area contributed by atoms with Crippen LogP contribution in [-0.2, 0) is 0 Å². The molecule has 0 atom stereocenters. The van der Waals surface area contributed by atoms with Crippen molar-refractivity contribution in [2.45, 2.75) is 38.0 Å². The molecule has 0 bridgehead atoms. The number of furan rings is 1. The summed E-state index contributed by atoms with van der Waals surface area (Å²) in [6, 6.07) is 15.1. The number of nitrogens with zero attached hydrogens (tertiary/aromatic N) is 2. The van der Waals surface area contributed by atoms with Gasteiger partial charge in [0, 0.05) is 27.5 Å². The minimum Gasteiger partial charge on any atom is -0.460 e. The molecular formula is C25H18N2O2S. The van der Waals surface area contributed by atoms with E-state index >= 15 is 0 Å². The van der Waals surface area contributed by atoms with Gasteiger partial charge in [0.25, 0.3) is 0 Å². The first-order valence-electron chi connectivity index (χ1n) is 10.1. The molecule has 1 saturated carbocycles. The Hall–Kier alpha value is -3.41. The van der Waals surface area contributed by atoms with Crippen LogP contribution in [-0.4, -0.2) is 5.78 Å². The second-order valence-corrected chi connectivity index (χ2v) is 8.88. The van der Waals surface area contributed by atoms with Crippen molar-refractivity contribution in [2.75, 3.05) is 0 Å². The second-order valence-electron chi connectivity index (χ2n) is 7.77. The van der Waals surface area contributed by atoms with Crippen molar-refractivity contribution in [3.8, 4) is 12.1 Å². The van der Waals surface area contributed by atoms with Crippen LogP contribution in [0.5, 0.6) is 0 Å². The molecule has 0 saturated heterocycles. The number of nitriles is 2. The number of rotatable bonds is 2. The number of benzene rings is 1. The zero-order valence-electron chi connectivity index (χ0n) is 16.3. The van der Waals surface area contributed by atoms with E-state index in [1.54, 1.807) is 35.6 Å². The fraction of sp³-hybridized carbons (Fsp3) is 0.240. The number of carbonyl (C=O) groups is 1. The molecule has 0 aliphatic heterocycles. The van der Waals surface area contributed by atoms with Crippen LogP contribution in [0, 0.1) is 22.7 Å². The van der Waals surface area contributed by atoms with Crippen molar-refractivity contribution in [3.63, 3.8) is 0 Å². The third-order valence-electron chi connectivity index (χ3n) is 5.97. The van der Waals surface area contributed by atoms with Crippen LogP contribution in [0.4, 0.5) is 0 Å². The summed E-state index contributed by atoms with van der Waals surface area (Å²) in [6.45, 7) is 0. The van der Waals surface area contributed by atoms with E-state index < -0.39 is 0 Å². The summed E-state index contributed by atoms with van der Waals surface area (Å²) in [5, 5.41) is 18.9. The summed E-state index contributed by atoms with van der Waals surface area (Å²) in [7, 11) is 0. The lowest BCUT2D eigenvalue weighted by molar-refractivity contribution is 0.104. The monoisotopic (exact) mass is 410 g/mol. The summed E-state index contributed by atoms with van der Waals surface area (Å²) in [4.78, 5) is 13.9. The highest BCUT2D eigenvalue weighted by molar-refractivity contribution is 7.19. The Balaban J connectivity index is 1.56. The van der Waals surface area contributed by atoms with Crippen molar-refractivity contribution in [2.24, 2.45) is 0 Å². The Labute approximate surface area is 178 Å². The molecule has 3 aromatic rings. The lowest BCUT2D eigenvalue weighted by Gasteiger charge is -2.18. The Morgan fingerprint density at radius 3 is 2.50 bits per heavy atom. The number of fused-ring (bicyclic) bond motifs is 2. The SMILES string of the molecule is N#CC(C#N)=C1/C(=C/c2cc3oc(C4CCCCC4)cc3s2)C(=O)c2ccccc21. The number of hydrogen-bond donors (Lipinski definition) is 0. The Bertz CT molecular complexity index is 1270. The van der Waals surface area contributed by atoms with Crippen LogP contribution in [0.25, 0.3) is 21.9 Å². The molecule has 146 valence electrons. The molecule has 2 aliphatic rings. The molecule has 0 amide bonds. The smallest absolute Gasteiger partial charge is 0.194 e. The highest BCUT2D eigenvalue weighted by atomic mass is 32.1. The molecule has 0 spiro atoms. The highest BCUT2D eigenvalue weighted by Gasteiger charge is 2.32. The van der Waals surface area contributed by atoms with Crippen molar-refractivity contribution in [3.05, 3.63) is 69.3 Å². The third kappa shape index (κ3) is 3.00. The topological polar surface area (TPSA) is 77.8 Å². The molecule has 30 heavy (non-hydrogen) atoms. The average Bonchev–Trinajstić information content (AvgIpc) is 3.42. The summed E-state index contributed by atoms with van der Waals surface area (Å²) in [6.07, 6.45) is 7.98. The molecule has 2 aliphatic carbocycles. The van der Waals surface area contributed by atoms with Gasteiger partial charge in [0.2, 0.25) is 0 Å². The fourth-order valence-corrected chi connectivity index (χ4v) is 5.49. The Morgan fingerprint density at radius 2 is 1.80 bits per heavy atom. The van der Waals surface area contributed by atoms with Gasteiger partial charge in [-0.05, 0) is 36.6 Å². The van der Waals surface area contributed by atoms with Gasteiger partial charge in [-0.1, -0.05) is 43.5 Å². The van der Waals surface area contributed by atoms with E-state index in [0.717, 1.165) is 20.9 Å². The van der Waals surface area contributed by atoms with Crippen LogP contribution in [0.2, 0.25) is 0 Å². The average molecular weight is 410 g/mol. The molecule has 0 radical (unpaired) electrons. The zero-order valence-corrected chi connectivity index (χ0v) is 17.1. The van der Waals surface area contributed by atoms with E-state index in [0.29, 0.717) is 28.2 Å². The van der Waals surface area contributed by atoms with Gasteiger partial charge in [0.05, 0.1) is 4.70 Å². The first kappa shape index (κ1) is 18.6. The van der Waals surface area contributed by atoms with Gasteiger partial charge in [0.15, 0.2) is 5.78 Å². The number of hydrogen-bond acceptors (Lipinski definition) is 5. The van der Waals surface area contributed by atoms with E-state index in [1.165, 1.54) is 32.1 Å². The van der Waals surface area contributed by atoms with Crippen LogP contribution < -0.4 is 0 Å². The standard InChI is InChI=1S/C25H18N2O2S/c26-13-16(14-27)24-18-8-4-5-9-19(18)25(28)20(24)10-17-11-22-23(30-17)12-21(29-22)15-6-2-1-3-7-15/h4-5,8-12,15H,1-3,6-7H2/b20-10-. The molecule has 2 aromatic heterocycles. The maximum absolute atomic E-state index is 13.0. The number of Topliss-reactive ketones (excluding diaryl/α,β-unsaturated/α-hetero) is 1. The number of allylic oxidation sites excluding steroid dienone is 3. The molecule has 1 aromatic carbocycles. The van der Waals surface area contributed by atoms with Crippen LogP contribution in [0.1, 0.15) is 64.6 Å². The van der Waals surface area contributed by atoms with Crippen LogP contribution in [0.15, 0.2) is 52.0 Å². The largest absolute Gasteiger partial charge is 0.460 e. The quantitative estimate of drug-likeness (QED) is 0.351. The van der Waals surface area contributed by atoms with Gasteiger partial charge in [-0.2, -0.15) is 10.5 Å². The Morgan fingerprint density at radius 1 is 1.07 bits per heavy atom. The lowest BCUT2D eigenvalue weighted by atomic mass is 9.88. The minimum absolute atomic E-state index is 0.0422. The molecular weight excluding hydrogens is 392 g/mol. The normalized spacial score (nSPS) is 17.9. The van der Waals surface area contributed by atoms with Crippen molar-refractivity contribution >= 4 is 39.1 Å². The molecule has 0 N–H and O–H groups in total. The maximum atomic E-state index is 13.0. The number of carbonyl (C=O) groups excluding carboxylic acids is 1. The van der Waals surface area contributed by atoms with Crippen molar-refractivity contribution in [1.29, 1.82) is 10.5 Å². The second kappa shape index (κ2) is 7.44. The predicted molar refractivity (Wildman–Crippen MR) is 117 cm³/mol. The lowest BCUT2D eigenvalue weighted by Crippen LogP contribution is -2.02. The predicted octanol–water partition coefficient (Wildman–Crippen LogP) is 6.62. The van der Waals surface area contributed by atoms with Gasteiger partial charge in [-0.25, -0.2) is 0 Å². The Kier molecular flexibility index (Phi) is 4.62. The van der Waals surface area contributed by atoms with Gasteiger partial charge < -0.3 is 4.42 Å². The van der Waals surface area contributed by atoms with E-state index in [1.807, 2.05) is 24.3 Å². The number of ketones is 1.